The number of hydrogen-bond donors (Lipinski definition) is 0. The summed E-state index contributed by atoms with van der Waals surface area (Å²) in [7, 11) is 0. The van der Waals surface area contributed by atoms with Gasteiger partial charge in [-0.1, -0.05) is 39.5 Å². The van der Waals surface area contributed by atoms with Crippen LogP contribution in [-0.2, 0) is 4.74 Å². The van der Waals surface area contributed by atoms with E-state index in [-0.39, 0.29) is 0 Å². The van der Waals surface area contributed by atoms with Crippen molar-refractivity contribution in [2.75, 3.05) is 6.61 Å². The fraction of sp³-hybridized carbons (Fsp3) is 1.00. The molecule has 2 aliphatic carbocycles. The van der Waals surface area contributed by atoms with Crippen molar-refractivity contribution in [1.29, 1.82) is 0 Å². The van der Waals surface area contributed by atoms with Gasteiger partial charge in [-0.2, -0.15) is 0 Å². The van der Waals surface area contributed by atoms with Crippen molar-refractivity contribution in [3.63, 3.8) is 0 Å². The van der Waals surface area contributed by atoms with Crippen molar-refractivity contribution in [3.8, 4) is 0 Å². The summed E-state index contributed by atoms with van der Waals surface area (Å²) in [5.74, 6) is 3.89. The number of rotatable bonds is 5. The lowest BCUT2D eigenvalue weighted by Gasteiger charge is -2.40. The van der Waals surface area contributed by atoms with Crippen LogP contribution in [0.25, 0.3) is 0 Å². The number of ether oxygens (including phenoxy) is 1. The highest BCUT2D eigenvalue weighted by Crippen LogP contribution is 2.42. The van der Waals surface area contributed by atoms with Gasteiger partial charge in [0.1, 0.15) is 0 Å². The minimum Gasteiger partial charge on any atom is -0.378 e. The van der Waals surface area contributed by atoms with Gasteiger partial charge in [0.15, 0.2) is 0 Å². The third-order valence-electron chi connectivity index (χ3n) is 5.77. The van der Waals surface area contributed by atoms with Crippen molar-refractivity contribution < 1.29 is 4.74 Å². The summed E-state index contributed by atoms with van der Waals surface area (Å²) in [5, 5.41) is 0. The maximum atomic E-state index is 5.88. The lowest BCUT2D eigenvalue weighted by molar-refractivity contribution is -0.0223. The molecule has 0 N–H and O–H groups in total. The Kier molecular flexibility index (Phi) is 6.19. The molecule has 3 atom stereocenters. The summed E-state index contributed by atoms with van der Waals surface area (Å²) in [4.78, 5) is 0. The average molecular weight is 266 g/mol. The largest absolute Gasteiger partial charge is 0.378 e. The Labute approximate surface area is 120 Å². The van der Waals surface area contributed by atoms with Gasteiger partial charge in [-0.05, 0) is 62.7 Å². The third-order valence-corrected chi connectivity index (χ3v) is 5.77. The molecule has 0 amide bonds. The Morgan fingerprint density at radius 1 is 0.895 bits per heavy atom. The zero-order valence-electron chi connectivity index (χ0n) is 13.4. The summed E-state index contributed by atoms with van der Waals surface area (Å²) in [5.41, 5.74) is 0. The first-order chi connectivity index (χ1) is 9.24. The Hall–Kier alpha value is -0.0400. The third kappa shape index (κ3) is 4.21. The highest BCUT2D eigenvalue weighted by atomic mass is 16.5. The second-order valence-corrected chi connectivity index (χ2v) is 7.11. The molecule has 1 heteroatoms. The zero-order valence-corrected chi connectivity index (χ0v) is 13.4. The van der Waals surface area contributed by atoms with Gasteiger partial charge in [-0.25, -0.2) is 0 Å². The Bertz CT molecular complexity index is 242. The molecular formula is C18H34O. The Balaban J connectivity index is 1.75. The molecular weight excluding hydrogens is 232 g/mol. The smallest absolute Gasteiger partial charge is 0.0600 e. The van der Waals surface area contributed by atoms with E-state index in [1.165, 1.54) is 57.8 Å². The van der Waals surface area contributed by atoms with Crippen LogP contribution in [0.2, 0.25) is 0 Å². The van der Waals surface area contributed by atoms with Gasteiger partial charge in [0.2, 0.25) is 0 Å². The molecule has 1 unspecified atom stereocenters. The molecule has 2 rings (SSSR count). The second kappa shape index (κ2) is 7.67. The van der Waals surface area contributed by atoms with Crippen LogP contribution in [0.4, 0.5) is 0 Å². The second-order valence-electron chi connectivity index (χ2n) is 7.11. The van der Waals surface area contributed by atoms with Crippen LogP contribution >= 0.6 is 0 Å². The molecule has 0 aromatic carbocycles. The van der Waals surface area contributed by atoms with E-state index in [0.29, 0.717) is 6.10 Å². The first-order valence-corrected chi connectivity index (χ1v) is 8.86. The average Bonchev–Trinajstić information content (AvgIpc) is 2.43. The van der Waals surface area contributed by atoms with Crippen molar-refractivity contribution >= 4 is 0 Å². The first-order valence-electron chi connectivity index (χ1n) is 8.86. The predicted octanol–water partition coefficient (Wildman–Crippen LogP) is 5.43. The van der Waals surface area contributed by atoms with Gasteiger partial charge >= 0.3 is 0 Å². The van der Waals surface area contributed by atoms with E-state index in [4.69, 9.17) is 4.74 Å². The Morgan fingerprint density at radius 3 is 2.16 bits per heavy atom. The molecule has 0 aliphatic heterocycles. The molecule has 2 saturated carbocycles. The molecule has 0 radical (unpaired) electrons. The summed E-state index contributed by atoms with van der Waals surface area (Å²) in [6, 6.07) is 0. The molecule has 112 valence electrons. The molecule has 0 aromatic heterocycles. The minimum atomic E-state index is 0.553. The fourth-order valence-electron chi connectivity index (χ4n) is 4.66. The normalized spacial score (nSPS) is 40.3. The van der Waals surface area contributed by atoms with Gasteiger partial charge in [-0.15, -0.1) is 0 Å². The fourth-order valence-corrected chi connectivity index (χ4v) is 4.66. The van der Waals surface area contributed by atoms with E-state index in [9.17, 15) is 0 Å². The molecule has 2 aliphatic rings. The molecule has 0 heterocycles. The zero-order chi connectivity index (χ0) is 13.7. The highest BCUT2D eigenvalue weighted by Gasteiger charge is 2.34. The van der Waals surface area contributed by atoms with Gasteiger partial charge in [-0.3, -0.25) is 0 Å². The van der Waals surface area contributed by atoms with Gasteiger partial charge in [0.25, 0.3) is 0 Å². The summed E-state index contributed by atoms with van der Waals surface area (Å²) >= 11 is 0. The van der Waals surface area contributed by atoms with Gasteiger partial charge < -0.3 is 4.74 Å². The SMILES string of the molecule is CCCC1CCC(C2CC[C@@H](OCC)[C@H](C)C2)CC1. The van der Waals surface area contributed by atoms with E-state index in [2.05, 4.69) is 20.8 Å². The summed E-state index contributed by atoms with van der Waals surface area (Å²) in [6.45, 7) is 7.77. The van der Waals surface area contributed by atoms with Crippen molar-refractivity contribution in [2.45, 2.75) is 84.7 Å². The molecule has 19 heavy (non-hydrogen) atoms. The molecule has 0 bridgehead atoms. The quantitative estimate of drug-likeness (QED) is 0.644. The van der Waals surface area contributed by atoms with Crippen molar-refractivity contribution in [1.82, 2.24) is 0 Å². The van der Waals surface area contributed by atoms with E-state index in [0.717, 1.165) is 30.3 Å². The van der Waals surface area contributed by atoms with Gasteiger partial charge in [0, 0.05) is 6.61 Å². The van der Waals surface area contributed by atoms with Crippen molar-refractivity contribution in [3.05, 3.63) is 0 Å². The molecule has 0 spiro atoms. The Morgan fingerprint density at radius 2 is 1.58 bits per heavy atom. The van der Waals surface area contributed by atoms with E-state index in [1.54, 1.807) is 0 Å². The standard InChI is InChI=1S/C18H34O/c1-4-6-15-7-9-16(10-8-15)17-11-12-18(19-5-2)14(3)13-17/h14-18H,4-13H2,1-3H3/t14-,15?,16?,17?,18-/m1/s1. The monoisotopic (exact) mass is 266 g/mol. The van der Waals surface area contributed by atoms with Crippen LogP contribution in [0.1, 0.15) is 78.6 Å². The van der Waals surface area contributed by atoms with Crippen LogP contribution in [0.15, 0.2) is 0 Å². The van der Waals surface area contributed by atoms with Gasteiger partial charge in [0.05, 0.1) is 6.10 Å². The van der Waals surface area contributed by atoms with E-state index in [1.807, 2.05) is 0 Å². The van der Waals surface area contributed by atoms with E-state index >= 15 is 0 Å². The maximum absolute atomic E-state index is 5.88. The lowest BCUT2D eigenvalue weighted by Crippen LogP contribution is -2.34. The van der Waals surface area contributed by atoms with E-state index < -0.39 is 0 Å². The van der Waals surface area contributed by atoms with Crippen LogP contribution < -0.4 is 0 Å². The number of hydrogen-bond acceptors (Lipinski definition) is 1. The predicted molar refractivity (Wildman–Crippen MR) is 82.3 cm³/mol. The molecule has 0 saturated heterocycles. The topological polar surface area (TPSA) is 9.23 Å². The van der Waals surface area contributed by atoms with Crippen LogP contribution in [0, 0.1) is 23.7 Å². The minimum absolute atomic E-state index is 0.553. The first kappa shape index (κ1) is 15.4. The van der Waals surface area contributed by atoms with Crippen LogP contribution in [0.3, 0.4) is 0 Å². The molecule has 0 aromatic rings. The lowest BCUT2D eigenvalue weighted by atomic mass is 9.68. The summed E-state index contributed by atoms with van der Waals surface area (Å²) < 4.78 is 5.88. The highest BCUT2D eigenvalue weighted by molar-refractivity contribution is 4.85. The van der Waals surface area contributed by atoms with Crippen LogP contribution in [-0.4, -0.2) is 12.7 Å². The molecule has 2 fully saturated rings. The molecule has 1 nitrogen and oxygen atoms in total. The maximum Gasteiger partial charge on any atom is 0.0600 e. The summed E-state index contributed by atoms with van der Waals surface area (Å²) in [6.07, 6.45) is 13.6. The van der Waals surface area contributed by atoms with Crippen molar-refractivity contribution in [2.24, 2.45) is 23.7 Å². The van der Waals surface area contributed by atoms with Crippen LogP contribution in [0.5, 0.6) is 0 Å².